The maximum atomic E-state index is 12.2. The summed E-state index contributed by atoms with van der Waals surface area (Å²) in [6.07, 6.45) is 2.17. The lowest BCUT2D eigenvalue weighted by Crippen LogP contribution is -2.31. The number of nitrogens with zero attached hydrogens (tertiary/aromatic N) is 2. The van der Waals surface area contributed by atoms with Gasteiger partial charge in [-0.2, -0.15) is 0 Å². The van der Waals surface area contributed by atoms with Gasteiger partial charge >= 0.3 is 0 Å². The largest absolute Gasteiger partial charge is 0.391 e. The molecule has 2 heterocycles. The molecule has 17 heavy (non-hydrogen) atoms. The Bertz CT molecular complexity index is 389. The maximum Gasteiger partial charge on any atom is 0.270 e. The fourth-order valence-electron chi connectivity index (χ4n) is 2.08. The van der Waals surface area contributed by atoms with E-state index in [-0.39, 0.29) is 12.0 Å². The van der Waals surface area contributed by atoms with Gasteiger partial charge in [0.2, 0.25) is 0 Å². The summed E-state index contributed by atoms with van der Waals surface area (Å²) in [7, 11) is 1.64. The summed E-state index contributed by atoms with van der Waals surface area (Å²) in [5, 5.41) is 9.44. The molecule has 1 aromatic heterocycles. The standard InChI is InChI=1S/C12H18N2O3/c1-17-8-7-13-5-2-3-11(13)12(16)14-6-4-10(15)9-14/h2-3,5,10,15H,4,6-9H2,1H3/t10-/m1/s1. The molecule has 0 bridgehead atoms. The van der Waals surface area contributed by atoms with Gasteiger partial charge in [-0.3, -0.25) is 4.79 Å². The molecule has 1 N–H and O–H groups in total. The van der Waals surface area contributed by atoms with Gasteiger partial charge in [0.05, 0.1) is 12.7 Å². The molecule has 94 valence electrons. The van der Waals surface area contributed by atoms with Gasteiger partial charge in [-0.1, -0.05) is 0 Å². The van der Waals surface area contributed by atoms with E-state index in [1.54, 1.807) is 12.0 Å². The van der Waals surface area contributed by atoms with E-state index >= 15 is 0 Å². The smallest absolute Gasteiger partial charge is 0.270 e. The van der Waals surface area contributed by atoms with Gasteiger partial charge in [0.25, 0.3) is 5.91 Å². The van der Waals surface area contributed by atoms with Gasteiger partial charge in [0.1, 0.15) is 5.69 Å². The van der Waals surface area contributed by atoms with Crippen LogP contribution in [-0.2, 0) is 11.3 Å². The molecule has 1 aromatic rings. The quantitative estimate of drug-likeness (QED) is 0.823. The molecule has 0 aliphatic carbocycles. The Hall–Kier alpha value is -1.33. The lowest BCUT2D eigenvalue weighted by Gasteiger charge is -2.17. The number of aliphatic hydroxyl groups is 1. The van der Waals surface area contributed by atoms with Crippen LogP contribution in [-0.4, -0.2) is 53.4 Å². The third-order valence-corrected chi connectivity index (χ3v) is 3.04. The number of amides is 1. The van der Waals surface area contributed by atoms with E-state index in [0.717, 1.165) is 0 Å². The number of carbonyl (C=O) groups is 1. The summed E-state index contributed by atoms with van der Waals surface area (Å²) in [6, 6.07) is 3.66. The van der Waals surface area contributed by atoms with Crippen molar-refractivity contribution in [2.75, 3.05) is 26.8 Å². The number of rotatable bonds is 4. The number of hydrogen-bond donors (Lipinski definition) is 1. The second kappa shape index (κ2) is 5.33. The van der Waals surface area contributed by atoms with Crippen LogP contribution in [0.4, 0.5) is 0 Å². The Morgan fingerprint density at radius 1 is 1.65 bits per heavy atom. The van der Waals surface area contributed by atoms with Gasteiger partial charge in [-0.15, -0.1) is 0 Å². The molecule has 2 rings (SSSR count). The fraction of sp³-hybridized carbons (Fsp3) is 0.583. The Labute approximate surface area is 101 Å². The lowest BCUT2D eigenvalue weighted by molar-refractivity contribution is 0.0752. The molecule has 1 fully saturated rings. The second-order valence-electron chi connectivity index (χ2n) is 4.27. The molecule has 0 aromatic carbocycles. The first-order valence-electron chi connectivity index (χ1n) is 5.84. The van der Waals surface area contributed by atoms with Crippen molar-refractivity contribution in [1.82, 2.24) is 9.47 Å². The number of aliphatic hydroxyl groups excluding tert-OH is 1. The number of β-amino-alcohol motifs (C(OH)–C–C–N with tert-alkyl or cyclic N) is 1. The number of carbonyl (C=O) groups excluding carboxylic acids is 1. The van der Waals surface area contributed by atoms with Crippen LogP contribution in [0.25, 0.3) is 0 Å². The summed E-state index contributed by atoms with van der Waals surface area (Å²) >= 11 is 0. The average Bonchev–Trinajstić information content (AvgIpc) is 2.94. The van der Waals surface area contributed by atoms with Crippen molar-refractivity contribution in [3.63, 3.8) is 0 Å². The lowest BCUT2D eigenvalue weighted by atomic mass is 10.3. The van der Waals surface area contributed by atoms with Crippen molar-refractivity contribution in [1.29, 1.82) is 0 Å². The van der Waals surface area contributed by atoms with E-state index in [1.165, 1.54) is 0 Å². The second-order valence-corrected chi connectivity index (χ2v) is 4.27. The van der Waals surface area contributed by atoms with Crippen molar-refractivity contribution in [2.24, 2.45) is 0 Å². The van der Waals surface area contributed by atoms with Crippen molar-refractivity contribution in [2.45, 2.75) is 19.1 Å². The molecular weight excluding hydrogens is 220 g/mol. The van der Waals surface area contributed by atoms with Crippen LogP contribution in [0, 0.1) is 0 Å². The van der Waals surface area contributed by atoms with Crippen LogP contribution in [0.15, 0.2) is 18.3 Å². The van der Waals surface area contributed by atoms with Gasteiger partial charge in [0.15, 0.2) is 0 Å². The highest BCUT2D eigenvalue weighted by Crippen LogP contribution is 2.14. The van der Waals surface area contributed by atoms with E-state index in [2.05, 4.69) is 0 Å². The molecule has 1 atom stereocenters. The van der Waals surface area contributed by atoms with Crippen molar-refractivity contribution in [3.8, 4) is 0 Å². The Kier molecular flexibility index (Phi) is 3.81. The molecule has 0 spiro atoms. The van der Waals surface area contributed by atoms with Crippen LogP contribution in [0.3, 0.4) is 0 Å². The van der Waals surface area contributed by atoms with Crippen molar-refractivity contribution >= 4 is 5.91 Å². The Balaban J connectivity index is 2.06. The molecule has 0 unspecified atom stereocenters. The van der Waals surface area contributed by atoms with Crippen LogP contribution in [0.5, 0.6) is 0 Å². The molecule has 1 saturated heterocycles. The molecule has 5 heteroatoms. The molecule has 0 radical (unpaired) electrons. The summed E-state index contributed by atoms with van der Waals surface area (Å²) in [4.78, 5) is 13.9. The predicted octanol–water partition coefficient (Wildman–Crippen LogP) is 0.341. The van der Waals surface area contributed by atoms with Gasteiger partial charge in [-0.25, -0.2) is 0 Å². The third kappa shape index (κ3) is 2.68. The highest BCUT2D eigenvalue weighted by molar-refractivity contribution is 5.93. The Morgan fingerprint density at radius 3 is 3.12 bits per heavy atom. The third-order valence-electron chi connectivity index (χ3n) is 3.04. The van der Waals surface area contributed by atoms with Crippen LogP contribution in [0.2, 0.25) is 0 Å². The first-order chi connectivity index (χ1) is 8.22. The van der Waals surface area contributed by atoms with Gasteiger partial charge < -0.3 is 19.3 Å². The zero-order valence-electron chi connectivity index (χ0n) is 10.0. The van der Waals surface area contributed by atoms with E-state index in [0.29, 0.717) is 38.4 Å². The number of hydrogen-bond acceptors (Lipinski definition) is 3. The van der Waals surface area contributed by atoms with Crippen LogP contribution < -0.4 is 0 Å². The van der Waals surface area contributed by atoms with E-state index in [9.17, 15) is 9.90 Å². The minimum absolute atomic E-state index is 0.0114. The normalized spacial score (nSPS) is 19.9. The van der Waals surface area contributed by atoms with E-state index in [1.807, 2.05) is 22.9 Å². The highest BCUT2D eigenvalue weighted by Gasteiger charge is 2.26. The maximum absolute atomic E-state index is 12.2. The van der Waals surface area contributed by atoms with Crippen molar-refractivity contribution in [3.05, 3.63) is 24.0 Å². The molecule has 1 amide bonds. The number of methoxy groups -OCH3 is 1. The summed E-state index contributed by atoms with van der Waals surface area (Å²) in [6.45, 7) is 2.32. The fourth-order valence-corrected chi connectivity index (χ4v) is 2.08. The molecule has 5 nitrogen and oxygen atoms in total. The molecule has 1 aliphatic rings. The number of likely N-dealkylation sites (tertiary alicyclic amines) is 1. The Morgan fingerprint density at radius 2 is 2.47 bits per heavy atom. The summed E-state index contributed by atoms with van der Waals surface area (Å²) in [5.41, 5.74) is 0.663. The zero-order chi connectivity index (χ0) is 12.3. The molecular formula is C12H18N2O3. The van der Waals surface area contributed by atoms with Crippen LogP contribution >= 0.6 is 0 Å². The first-order valence-corrected chi connectivity index (χ1v) is 5.84. The monoisotopic (exact) mass is 238 g/mol. The van der Waals surface area contributed by atoms with Crippen molar-refractivity contribution < 1.29 is 14.6 Å². The van der Waals surface area contributed by atoms with E-state index in [4.69, 9.17) is 4.74 Å². The van der Waals surface area contributed by atoms with Crippen LogP contribution in [0.1, 0.15) is 16.9 Å². The average molecular weight is 238 g/mol. The van der Waals surface area contributed by atoms with Gasteiger partial charge in [-0.05, 0) is 18.6 Å². The topological polar surface area (TPSA) is 54.7 Å². The molecule has 1 aliphatic heterocycles. The SMILES string of the molecule is COCCn1cccc1C(=O)N1CC[C@@H](O)C1. The highest BCUT2D eigenvalue weighted by atomic mass is 16.5. The zero-order valence-corrected chi connectivity index (χ0v) is 10.0. The molecule has 0 saturated carbocycles. The minimum Gasteiger partial charge on any atom is -0.391 e. The van der Waals surface area contributed by atoms with E-state index < -0.39 is 0 Å². The number of ether oxygens (including phenoxy) is 1. The number of aromatic nitrogens is 1. The minimum atomic E-state index is -0.374. The predicted molar refractivity (Wildman–Crippen MR) is 62.8 cm³/mol. The first kappa shape index (κ1) is 12.1. The van der Waals surface area contributed by atoms with Gasteiger partial charge in [0, 0.05) is 32.9 Å². The summed E-state index contributed by atoms with van der Waals surface area (Å²) in [5.74, 6) is -0.0114. The summed E-state index contributed by atoms with van der Waals surface area (Å²) < 4.78 is 6.89.